The highest BCUT2D eigenvalue weighted by Gasteiger charge is 2.31. The summed E-state index contributed by atoms with van der Waals surface area (Å²) in [5.74, 6) is 0. The molecule has 0 amide bonds. The van der Waals surface area contributed by atoms with Crippen LogP contribution in [0.4, 0.5) is 13.2 Å². The third-order valence-corrected chi connectivity index (χ3v) is 3.67. The van der Waals surface area contributed by atoms with E-state index in [0.717, 1.165) is 25.5 Å². The summed E-state index contributed by atoms with van der Waals surface area (Å²) in [5.41, 5.74) is 0.305. The van der Waals surface area contributed by atoms with Gasteiger partial charge in [-0.1, -0.05) is 37.3 Å². The first kappa shape index (κ1) is 18.2. The smallest absolute Gasteiger partial charge is 0.419 e. The van der Waals surface area contributed by atoms with Gasteiger partial charge in [0, 0.05) is 25.0 Å². The number of nitrogens with zero attached hydrogens (tertiary/aromatic N) is 3. The second-order valence-electron chi connectivity index (χ2n) is 5.46. The van der Waals surface area contributed by atoms with Crippen molar-refractivity contribution in [1.82, 2.24) is 14.9 Å². The van der Waals surface area contributed by atoms with Crippen molar-refractivity contribution in [1.29, 1.82) is 0 Å². The molecule has 0 spiro atoms. The number of alkyl halides is 3. The van der Waals surface area contributed by atoms with Crippen LogP contribution in [0.2, 0.25) is 0 Å². The predicted molar refractivity (Wildman–Crippen MR) is 84.5 cm³/mol. The first-order chi connectivity index (χ1) is 11.4. The molecule has 1 aromatic heterocycles. The van der Waals surface area contributed by atoms with Gasteiger partial charge < -0.3 is 4.74 Å². The Kier molecular flexibility index (Phi) is 6.14. The van der Waals surface area contributed by atoms with Gasteiger partial charge in [0.05, 0.1) is 5.56 Å². The van der Waals surface area contributed by atoms with Crippen LogP contribution in [0, 0.1) is 0 Å². The maximum absolute atomic E-state index is 12.5. The van der Waals surface area contributed by atoms with E-state index in [4.69, 9.17) is 4.74 Å². The fourth-order valence-electron chi connectivity index (χ4n) is 2.23. The second kappa shape index (κ2) is 8.10. The maximum Gasteiger partial charge on any atom is 0.419 e. The van der Waals surface area contributed by atoms with E-state index >= 15 is 0 Å². The van der Waals surface area contributed by atoms with Gasteiger partial charge in [0.15, 0.2) is 0 Å². The summed E-state index contributed by atoms with van der Waals surface area (Å²) in [6.45, 7) is 5.94. The van der Waals surface area contributed by atoms with Gasteiger partial charge in [-0.2, -0.15) is 13.2 Å². The van der Waals surface area contributed by atoms with E-state index in [9.17, 15) is 13.2 Å². The zero-order chi connectivity index (χ0) is 17.6. The van der Waals surface area contributed by atoms with Crippen molar-refractivity contribution >= 4 is 0 Å². The van der Waals surface area contributed by atoms with Crippen LogP contribution in [0.3, 0.4) is 0 Å². The van der Waals surface area contributed by atoms with E-state index in [2.05, 4.69) is 27.0 Å². The Morgan fingerprint density at radius 2 is 1.75 bits per heavy atom. The molecule has 4 nitrogen and oxygen atoms in total. The number of rotatable bonds is 7. The SMILES string of the molecule is CCN(Cc1ccccc1)C(C)COc1ncc(C(F)(F)F)cn1. The fraction of sp³-hybridized carbons (Fsp3) is 0.412. The predicted octanol–water partition coefficient (Wildman–Crippen LogP) is 3.78. The minimum Gasteiger partial charge on any atom is -0.462 e. The Bertz CT molecular complexity index is 617. The Balaban J connectivity index is 1.90. The van der Waals surface area contributed by atoms with E-state index in [1.165, 1.54) is 5.56 Å². The molecule has 2 rings (SSSR count). The van der Waals surface area contributed by atoms with Gasteiger partial charge in [-0.25, -0.2) is 9.97 Å². The quantitative estimate of drug-likeness (QED) is 0.769. The van der Waals surface area contributed by atoms with Gasteiger partial charge >= 0.3 is 12.2 Å². The number of likely N-dealkylation sites (N-methyl/N-ethyl adjacent to an activating group) is 1. The first-order valence-corrected chi connectivity index (χ1v) is 7.70. The van der Waals surface area contributed by atoms with Crippen LogP contribution in [0.25, 0.3) is 0 Å². The molecule has 0 N–H and O–H groups in total. The van der Waals surface area contributed by atoms with Crippen molar-refractivity contribution < 1.29 is 17.9 Å². The Morgan fingerprint density at radius 1 is 1.12 bits per heavy atom. The first-order valence-electron chi connectivity index (χ1n) is 7.70. The highest BCUT2D eigenvalue weighted by molar-refractivity contribution is 5.14. The van der Waals surface area contributed by atoms with Gasteiger partial charge in [0.2, 0.25) is 0 Å². The van der Waals surface area contributed by atoms with Crippen molar-refractivity contribution in [2.75, 3.05) is 13.2 Å². The van der Waals surface area contributed by atoms with Crippen molar-refractivity contribution in [2.45, 2.75) is 32.6 Å². The molecule has 2 aromatic rings. The summed E-state index contributed by atoms with van der Waals surface area (Å²) in [6, 6.07) is 10.1. The molecule has 0 aliphatic heterocycles. The van der Waals surface area contributed by atoms with Gasteiger partial charge in [0.1, 0.15) is 6.61 Å². The van der Waals surface area contributed by atoms with E-state index in [1.807, 2.05) is 32.0 Å². The second-order valence-corrected chi connectivity index (χ2v) is 5.46. The summed E-state index contributed by atoms with van der Waals surface area (Å²) < 4.78 is 42.8. The summed E-state index contributed by atoms with van der Waals surface area (Å²) in [4.78, 5) is 9.44. The molecule has 0 saturated carbocycles. The lowest BCUT2D eigenvalue weighted by Crippen LogP contribution is -2.36. The van der Waals surface area contributed by atoms with Gasteiger partial charge in [-0.3, -0.25) is 4.90 Å². The van der Waals surface area contributed by atoms with Crippen LogP contribution in [-0.4, -0.2) is 34.1 Å². The molecule has 1 aromatic carbocycles. The number of halogens is 3. The molecule has 0 aliphatic rings. The molecule has 0 radical (unpaired) electrons. The minimum atomic E-state index is -4.44. The number of hydrogen-bond donors (Lipinski definition) is 0. The van der Waals surface area contributed by atoms with Gasteiger partial charge in [-0.15, -0.1) is 0 Å². The topological polar surface area (TPSA) is 38.2 Å². The van der Waals surface area contributed by atoms with E-state index in [1.54, 1.807) is 0 Å². The van der Waals surface area contributed by atoms with Crippen LogP contribution in [0.1, 0.15) is 25.0 Å². The van der Waals surface area contributed by atoms with Gasteiger partial charge in [-0.05, 0) is 19.0 Å². The Morgan fingerprint density at radius 3 is 2.29 bits per heavy atom. The van der Waals surface area contributed by atoms with E-state index in [-0.39, 0.29) is 12.1 Å². The highest BCUT2D eigenvalue weighted by atomic mass is 19.4. The maximum atomic E-state index is 12.5. The molecule has 24 heavy (non-hydrogen) atoms. The summed E-state index contributed by atoms with van der Waals surface area (Å²) in [5, 5.41) is 0. The molecule has 1 heterocycles. The van der Waals surface area contributed by atoms with Crippen molar-refractivity contribution in [3.63, 3.8) is 0 Å². The minimum absolute atomic E-state index is 0.0504. The fourth-order valence-corrected chi connectivity index (χ4v) is 2.23. The number of aromatic nitrogens is 2. The summed E-state index contributed by atoms with van der Waals surface area (Å²) in [6.07, 6.45) is -2.98. The number of benzene rings is 1. The molecule has 0 fully saturated rings. The average molecular weight is 339 g/mol. The molecule has 0 aliphatic carbocycles. The van der Waals surface area contributed by atoms with Gasteiger partial charge in [0.25, 0.3) is 0 Å². The molecule has 0 bridgehead atoms. The molecule has 130 valence electrons. The largest absolute Gasteiger partial charge is 0.462 e. The molecule has 0 saturated heterocycles. The standard InChI is InChI=1S/C17H20F3N3O/c1-3-23(11-14-7-5-4-6-8-14)13(2)12-24-16-21-9-15(10-22-16)17(18,19)20/h4-10,13H,3,11-12H2,1-2H3. The van der Waals surface area contributed by atoms with Crippen molar-refractivity contribution in [2.24, 2.45) is 0 Å². The third kappa shape index (κ3) is 5.19. The molecular formula is C17H20F3N3O. The molecule has 1 atom stereocenters. The van der Waals surface area contributed by atoms with Crippen LogP contribution in [0.15, 0.2) is 42.7 Å². The Hall–Kier alpha value is -2.15. The number of ether oxygens (including phenoxy) is 1. The monoisotopic (exact) mass is 339 g/mol. The third-order valence-electron chi connectivity index (χ3n) is 3.67. The zero-order valence-corrected chi connectivity index (χ0v) is 13.6. The van der Waals surface area contributed by atoms with E-state index in [0.29, 0.717) is 6.61 Å². The normalized spacial score (nSPS) is 13.1. The molecule has 1 unspecified atom stereocenters. The average Bonchev–Trinajstić information content (AvgIpc) is 2.58. The lowest BCUT2D eigenvalue weighted by molar-refractivity contribution is -0.138. The molecular weight excluding hydrogens is 319 g/mol. The van der Waals surface area contributed by atoms with Crippen molar-refractivity contribution in [3.8, 4) is 6.01 Å². The summed E-state index contributed by atoms with van der Waals surface area (Å²) in [7, 11) is 0. The lowest BCUT2D eigenvalue weighted by atomic mass is 10.2. The van der Waals surface area contributed by atoms with Crippen LogP contribution in [0.5, 0.6) is 6.01 Å². The highest BCUT2D eigenvalue weighted by Crippen LogP contribution is 2.28. The summed E-state index contributed by atoms with van der Waals surface area (Å²) >= 11 is 0. The van der Waals surface area contributed by atoms with Crippen LogP contribution < -0.4 is 4.74 Å². The van der Waals surface area contributed by atoms with Crippen molar-refractivity contribution in [3.05, 3.63) is 53.9 Å². The van der Waals surface area contributed by atoms with Crippen LogP contribution >= 0.6 is 0 Å². The van der Waals surface area contributed by atoms with E-state index < -0.39 is 11.7 Å². The zero-order valence-electron chi connectivity index (χ0n) is 13.6. The van der Waals surface area contributed by atoms with Crippen LogP contribution in [-0.2, 0) is 12.7 Å². The lowest BCUT2D eigenvalue weighted by Gasteiger charge is -2.27. The number of hydrogen-bond acceptors (Lipinski definition) is 4. The molecule has 7 heteroatoms. The Labute approximate surface area is 139 Å².